The number of ether oxygens (including phenoxy) is 1. The summed E-state index contributed by atoms with van der Waals surface area (Å²) in [5.74, 6) is 5.09. The summed E-state index contributed by atoms with van der Waals surface area (Å²) in [5.41, 5.74) is -1.06. The first-order valence-corrected chi connectivity index (χ1v) is 4.58. The number of hydrogen-bond acceptors (Lipinski definition) is 3. The molecule has 0 aromatic carbocycles. The van der Waals surface area contributed by atoms with Crippen LogP contribution in [0, 0.1) is 28.6 Å². The van der Waals surface area contributed by atoms with Gasteiger partial charge in [0.1, 0.15) is 0 Å². The molecule has 0 aliphatic rings. The van der Waals surface area contributed by atoms with Crippen LogP contribution in [0.25, 0.3) is 0 Å². The number of rotatable bonds is 4. The summed E-state index contributed by atoms with van der Waals surface area (Å²) < 4.78 is 4.82. The third-order valence-corrected chi connectivity index (χ3v) is 1.90. The lowest BCUT2D eigenvalue weighted by Crippen LogP contribution is -2.28. The highest BCUT2D eigenvalue weighted by Crippen LogP contribution is 2.23. The molecule has 0 aromatic rings. The Balaban J connectivity index is 4.37. The standard InChI is InChI=1S/C11H15NO2/c1-4-6-7-8-11(3,9-12)10(13)14-5-2/h5,7-8H2,1-3H3. The van der Waals surface area contributed by atoms with Gasteiger partial charge in [-0.1, -0.05) is 0 Å². The first-order valence-electron chi connectivity index (χ1n) is 4.58. The van der Waals surface area contributed by atoms with Gasteiger partial charge in [0.25, 0.3) is 0 Å². The van der Waals surface area contributed by atoms with E-state index in [1.807, 2.05) is 6.07 Å². The molecule has 1 atom stereocenters. The lowest BCUT2D eigenvalue weighted by Gasteiger charge is -2.17. The minimum Gasteiger partial charge on any atom is -0.465 e. The Morgan fingerprint density at radius 1 is 1.57 bits per heavy atom. The number of hydrogen-bond donors (Lipinski definition) is 0. The van der Waals surface area contributed by atoms with E-state index in [4.69, 9.17) is 10.00 Å². The second-order valence-corrected chi connectivity index (χ2v) is 3.09. The van der Waals surface area contributed by atoms with E-state index in [1.54, 1.807) is 20.8 Å². The molecule has 76 valence electrons. The monoisotopic (exact) mass is 193 g/mol. The SMILES string of the molecule is CC#CCCC(C)(C#N)C(=O)OCC. The van der Waals surface area contributed by atoms with Gasteiger partial charge >= 0.3 is 5.97 Å². The predicted molar refractivity (Wildman–Crippen MR) is 53.0 cm³/mol. The fraction of sp³-hybridized carbons (Fsp3) is 0.636. The number of carbonyl (C=O) groups excluding carboxylic acids is 1. The van der Waals surface area contributed by atoms with Crippen LogP contribution in [0.4, 0.5) is 0 Å². The zero-order chi connectivity index (χ0) is 11.0. The van der Waals surface area contributed by atoms with Crippen molar-refractivity contribution >= 4 is 5.97 Å². The quantitative estimate of drug-likeness (QED) is 0.506. The molecule has 0 N–H and O–H groups in total. The highest BCUT2D eigenvalue weighted by atomic mass is 16.5. The van der Waals surface area contributed by atoms with Crippen LogP contribution in [0.1, 0.15) is 33.6 Å². The summed E-state index contributed by atoms with van der Waals surface area (Å²) in [6, 6.07) is 1.98. The van der Waals surface area contributed by atoms with Crippen molar-refractivity contribution in [3.05, 3.63) is 0 Å². The lowest BCUT2D eigenvalue weighted by atomic mass is 9.87. The van der Waals surface area contributed by atoms with Crippen molar-refractivity contribution in [2.75, 3.05) is 6.61 Å². The molecule has 0 saturated heterocycles. The Bertz CT molecular complexity index is 293. The van der Waals surface area contributed by atoms with Gasteiger partial charge in [-0.15, -0.1) is 11.8 Å². The number of nitriles is 1. The van der Waals surface area contributed by atoms with Gasteiger partial charge in [-0.3, -0.25) is 4.79 Å². The van der Waals surface area contributed by atoms with Crippen molar-refractivity contribution in [1.29, 1.82) is 5.26 Å². The number of carbonyl (C=O) groups is 1. The largest absolute Gasteiger partial charge is 0.465 e. The molecule has 1 unspecified atom stereocenters. The Kier molecular flexibility index (Phi) is 5.41. The van der Waals surface area contributed by atoms with Crippen LogP contribution in [0.2, 0.25) is 0 Å². The van der Waals surface area contributed by atoms with Gasteiger partial charge in [0, 0.05) is 6.42 Å². The Morgan fingerprint density at radius 3 is 2.64 bits per heavy atom. The van der Waals surface area contributed by atoms with E-state index in [9.17, 15) is 4.79 Å². The van der Waals surface area contributed by atoms with E-state index in [1.165, 1.54) is 0 Å². The summed E-state index contributed by atoms with van der Waals surface area (Å²) >= 11 is 0. The zero-order valence-electron chi connectivity index (χ0n) is 8.89. The molecular weight excluding hydrogens is 178 g/mol. The van der Waals surface area contributed by atoms with Crippen molar-refractivity contribution in [1.82, 2.24) is 0 Å². The molecule has 0 aliphatic heterocycles. The normalized spacial score (nSPS) is 13.0. The Labute approximate surface area is 85.1 Å². The summed E-state index contributed by atoms with van der Waals surface area (Å²) in [7, 11) is 0. The Morgan fingerprint density at radius 2 is 2.21 bits per heavy atom. The first-order chi connectivity index (χ1) is 6.60. The van der Waals surface area contributed by atoms with Crippen LogP contribution >= 0.6 is 0 Å². The van der Waals surface area contributed by atoms with Crippen LogP contribution in [0.5, 0.6) is 0 Å². The van der Waals surface area contributed by atoms with Gasteiger partial charge in [-0.2, -0.15) is 5.26 Å². The topological polar surface area (TPSA) is 50.1 Å². The number of nitrogens with zero attached hydrogens (tertiary/aromatic N) is 1. The van der Waals surface area contributed by atoms with E-state index >= 15 is 0 Å². The maximum atomic E-state index is 11.4. The van der Waals surface area contributed by atoms with Crippen LogP contribution in [0.15, 0.2) is 0 Å². The van der Waals surface area contributed by atoms with Crippen LogP contribution in [0.3, 0.4) is 0 Å². The highest BCUT2D eigenvalue weighted by molar-refractivity contribution is 5.79. The second kappa shape index (κ2) is 6.05. The van der Waals surface area contributed by atoms with Crippen LogP contribution in [-0.4, -0.2) is 12.6 Å². The fourth-order valence-electron chi connectivity index (χ4n) is 0.931. The van der Waals surface area contributed by atoms with Crippen molar-refractivity contribution < 1.29 is 9.53 Å². The zero-order valence-corrected chi connectivity index (χ0v) is 8.89. The van der Waals surface area contributed by atoms with Crippen LogP contribution < -0.4 is 0 Å². The van der Waals surface area contributed by atoms with Crippen molar-refractivity contribution in [2.45, 2.75) is 33.6 Å². The molecule has 0 aromatic heterocycles. The van der Waals surface area contributed by atoms with Gasteiger partial charge in [0.15, 0.2) is 5.41 Å². The molecule has 0 radical (unpaired) electrons. The predicted octanol–water partition coefficient (Wildman–Crippen LogP) is 1.88. The third kappa shape index (κ3) is 3.49. The number of esters is 1. The summed E-state index contributed by atoms with van der Waals surface area (Å²) in [5, 5.41) is 8.88. The smallest absolute Gasteiger partial charge is 0.326 e. The van der Waals surface area contributed by atoms with E-state index < -0.39 is 11.4 Å². The molecule has 0 rings (SSSR count). The van der Waals surface area contributed by atoms with E-state index in [0.717, 1.165) is 0 Å². The van der Waals surface area contributed by atoms with Gasteiger partial charge in [0.2, 0.25) is 0 Å². The molecule has 3 heteroatoms. The van der Waals surface area contributed by atoms with Gasteiger partial charge < -0.3 is 4.74 Å². The van der Waals surface area contributed by atoms with Gasteiger partial charge in [0.05, 0.1) is 12.7 Å². The van der Waals surface area contributed by atoms with Gasteiger partial charge in [-0.05, 0) is 27.2 Å². The minimum atomic E-state index is -1.06. The molecule has 0 bridgehead atoms. The lowest BCUT2D eigenvalue weighted by molar-refractivity contribution is -0.151. The highest BCUT2D eigenvalue weighted by Gasteiger charge is 2.34. The van der Waals surface area contributed by atoms with Crippen LogP contribution in [-0.2, 0) is 9.53 Å². The first kappa shape index (κ1) is 12.5. The molecule has 0 heterocycles. The summed E-state index contributed by atoms with van der Waals surface area (Å²) in [4.78, 5) is 11.4. The molecule has 14 heavy (non-hydrogen) atoms. The minimum absolute atomic E-state index is 0.301. The molecular formula is C11H15NO2. The van der Waals surface area contributed by atoms with Crippen molar-refractivity contribution in [3.8, 4) is 17.9 Å². The van der Waals surface area contributed by atoms with E-state index in [-0.39, 0.29) is 0 Å². The second-order valence-electron chi connectivity index (χ2n) is 3.09. The Hall–Kier alpha value is -1.48. The van der Waals surface area contributed by atoms with Crippen molar-refractivity contribution in [3.63, 3.8) is 0 Å². The molecule has 0 amide bonds. The third-order valence-electron chi connectivity index (χ3n) is 1.90. The maximum Gasteiger partial charge on any atom is 0.326 e. The molecule has 0 saturated carbocycles. The fourth-order valence-corrected chi connectivity index (χ4v) is 0.931. The summed E-state index contributed by atoms with van der Waals surface area (Å²) in [6.07, 6.45) is 0.961. The maximum absolute atomic E-state index is 11.4. The van der Waals surface area contributed by atoms with Gasteiger partial charge in [-0.25, -0.2) is 0 Å². The average Bonchev–Trinajstić information content (AvgIpc) is 2.18. The molecule has 0 aliphatic carbocycles. The van der Waals surface area contributed by atoms with E-state index in [0.29, 0.717) is 19.4 Å². The average molecular weight is 193 g/mol. The molecule has 3 nitrogen and oxygen atoms in total. The van der Waals surface area contributed by atoms with Crippen molar-refractivity contribution in [2.24, 2.45) is 5.41 Å². The molecule has 0 fully saturated rings. The molecule has 0 spiro atoms. The van der Waals surface area contributed by atoms with E-state index in [2.05, 4.69) is 11.8 Å². The summed E-state index contributed by atoms with van der Waals surface area (Å²) in [6.45, 7) is 5.34.